The molecule has 0 amide bonds. The average molecular weight is 254 g/mol. The fraction of sp³-hybridized carbons (Fsp3) is 0.615. The van der Waals surface area contributed by atoms with Crippen molar-refractivity contribution < 1.29 is 0 Å². The first-order chi connectivity index (χ1) is 8.13. The highest BCUT2D eigenvalue weighted by atomic mass is 35.5. The lowest BCUT2D eigenvalue weighted by Gasteiger charge is -2.26. The van der Waals surface area contributed by atoms with E-state index in [9.17, 15) is 0 Å². The number of rotatable bonds is 3. The van der Waals surface area contributed by atoms with E-state index in [-0.39, 0.29) is 0 Å². The maximum absolute atomic E-state index is 5.86. The summed E-state index contributed by atoms with van der Waals surface area (Å²) in [6.45, 7) is 3.31. The minimum atomic E-state index is 0.449. The van der Waals surface area contributed by atoms with Crippen LogP contribution in [0.3, 0.4) is 0 Å². The van der Waals surface area contributed by atoms with Gasteiger partial charge in [-0.05, 0) is 30.7 Å². The topological polar surface area (TPSA) is 50.9 Å². The molecule has 0 radical (unpaired) electrons. The average Bonchev–Trinajstić information content (AvgIpc) is 2.27. The van der Waals surface area contributed by atoms with Crippen molar-refractivity contribution in [2.75, 3.05) is 17.6 Å². The van der Waals surface area contributed by atoms with Crippen molar-refractivity contribution >= 4 is 23.1 Å². The number of aromatic nitrogens is 1. The van der Waals surface area contributed by atoms with E-state index < -0.39 is 0 Å². The van der Waals surface area contributed by atoms with E-state index in [4.69, 9.17) is 17.3 Å². The molecule has 0 unspecified atom stereocenters. The second kappa shape index (κ2) is 5.58. The molecule has 1 aliphatic carbocycles. The Morgan fingerprint density at radius 3 is 2.71 bits per heavy atom. The fourth-order valence-corrected chi connectivity index (χ4v) is 2.61. The molecule has 0 aromatic carbocycles. The van der Waals surface area contributed by atoms with Gasteiger partial charge in [0.1, 0.15) is 11.0 Å². The van der Waals surface area contributed by atoms with E-state index in [0.29, 0.717) is 10.8 Å². The van der Waals surface area contributed by atoms with E-state index >= 15 is 0 Å². The summed E-state index contributed by atoms with van der Waals surface area (Å²) >= 11 is 5.86. The predicted molar refractivity (Wildman–Crippen MR) is 73.3 cm³/mol. The monoisotopic (exact) mass is 253 g/mol. The molecule has 0 bridgehead atoms. The minimum absolute atomic E-state index is 0.449. The molecule has 0 aliphatic heterocycles. The first-order valence-corrected chi connectivity index (χ1v) is 6.68. The Bertz CT molecular complexity index is 353. The van der Waals surface area contributed by atoms with Crippen LogP contribution < -0.4 is 11.1 Å². The fourth-order valence-electron chi connectivity index (χ4n) is 2.39. The number of nitrogens with two attached hydrogens (primary N) is 1. The standard InChI is InChI=1S/C13H20ClN3/c1-9-2-4-10(5-3-9)8-16-13-7-11(15)6-12(14)17-13/h6-7,9-10H,2-5,8H2,1H3,(H3,15,16,17). The van der Waals surface area contributed by atoms with Crippen molar-refractivity contribution in [3.05, 3.63) is 17.3 Å². The van der Waals surface area contributed by atoms with Crippen LogP contribution in [-0.2, 0) is 0 Å². The third-order valence-electron chi connectivity index (χ3n) is 3.52. The summed E-state index contributed by atoms with van der Waals surface area (Å²) in [7, 11) is 0. The Morgan fingerprint density at radius 2 is 2.06 bits per heavy atom. The summed E-state index contributed by atoms with van der Waals surface area (Å²) in [6.07, 6.45) is 5.31. The third-order valence-corrected chi connectivity index (χ3v) is 3.72. The van der Waals surface area contributed by atoms with Gasteiger partial charge in [0.05, 0.1) is 0 Å². The molecule has 3 N–H and O–H groups in total. The zero-order valence-electron chi connectivity index (χ0n) is 10.2. The molecule has 4 heteroatoms. The first-order valence-electron chi connectivity index (χ1n) is 6.30. The van der Waals surface area contributed by atoms with Gasteiger partial charge in [-0.1, -0.05) is 31.4 Å². The number of hydrogen-bond acceptors (Lipinski definition) is 3. The summed E-state index contributed by atoms with van der Waals surface area (Å²) in [5.74, 6) is 2.44. The van der Waals surface area contributed by atoms with Crippen LogP contribution in [0.5, 0.6) is 0 Å². The van der Waals surface area contributed by atoms with Gasteiger partial charge in [-0.2, -0.15) is 0 Å². The molecule has 1 aromatic heterocycles. The largest absolute Gasteiger partial charge is 0.399 e. The van der Waals surface area contributed by atoms with E-state index in [1.54, 1.807) is 6.07 Å². The van der Waals surface area contributed by atoms with Gasteiger partial charge in [0.2, 0.25) is 0 Å². The van der Waals surface area contributed by atoms with Crippen molar-refractivity contribution in [3.63, 3.8) is 0 Å². The van der Waals surface area contributed by atoms with Crippen molar-refractivity contribution in [1.29, 1.82) is 0 Å². The number of anilines is 2. The molecule has 1 fully saturated rings. The van der Waals surface area contributed by atoms with Gasteiger partial charge in [-0.25, -0.2) is 4.98 Å². The van der Waals surface area contributed by atoms with Crippen LogP contribution in [-0.4, -0.2) is 11.5 Å². The normalized spacial score (nSPS) is 24.6. The Hall–Kier alpha value is -0.960. The van der Waals surface area contributed by atoms with E-state index in [0.717, 1.165) is 24.2 Å². The van der Waals surface area contributed by atoms with Crippen LogP contribution in [0.2, 0.25) is 5.15 Å². The smallest absolute Gasteiger partial charge is 0.133 e. The number of nitrogen functional groups attached to an aromatic ring is 1. The lowest BCUT2D eigenvalue weighted by molar-refractivity contribution is 0.300. The van der Waals surface area contributed by atoms with Crippen LogP contribution >= 0.6 is 11.6 Å². The second-order valence-corrected chi connectivity index (χ2v) is 5.50. The lowest BCUT2D eigenvalue weighted by Crippen LogP contribution is -2.20. The number of hydrogen-bond donors (Lipinski definition) is 2. The molecule has 94 valence electrons. The first kappa shape index (κ1) is 12.5. The molecule has 3 nitrogen and oxygen atoms in total. The SMILES string of the molecule is CC1CCC(CNc2cc(N)cc(Cl)n2)CC1. The summed E-state index contributed by atoms with van der Waals surface area (Å²) < 4.78 is 0. The highest BCUT2D eigenvalue weighted by Gasteiger charge is 2.17. The van der Waals surface area contributed by atoms with Gasteiger partial charge in [-0.15, -0.1) is 0 Å². The van der Waals surface area contributed by atoms with E-state index in [1.807, 2.05) is 6.07 Å². The van der Waals surface area contributed by atoms with Gasteiger partial charge >= 0.3 is 0 Å². The maximum atomic E-state index is 5.86. The molecule has 17 heavy (non-hydrogen) atoms. The second-order valence-electron chi connectivity index (χ2n) is 5.12. The van der Waals surface area contributed by atoms with Crippen molar-refractivity contribution in [3.8, 4) is 0 Å². The Kier molecular flexibility index (Phi) is 4.11. The van der Waals surface area contributed by atoms with E-state index in [1.165, 1.54) is 25.7 Å². The zero-order valence-corrected chi connectivity index (χ0v) is 11.0. The summed E-state index contributed by atoms with van der Waals surface area (Å²) in [4.78, 5) is 4.21. The minimum Gasteiger partial charge on any atom is -0.399 e. The van der Waals surface area contributed by atoms with Gasteiger partial charge in [0, 0.05) is 18.3 Å². The quantitative estimate of drug-likeness (QED) is 0.810. The molecular weight excluding hydrogens is 234 g/mol. The highest BCUT2D eigenvalue weighted by molar-refractivity contribution is 6.29. The summed E-state index contributed by atoms with van der Waals surface area (Å²) in [5, 5.41) is 3.78. The number of nitrogens with one attached hydrogen (secondary N) is 1. The van der Waals surface area contributed by atoms with Gasteiger partial charge < -0.3 is 11.1 Å². The molecule has 0 atom stereocenters. The Morgan fingerprint density at radius 1 is 1.35 bits per heavy atom. The highest BCUT2D eigenvalue weighted by Crippen LogP contribution is 2.28. The van der Waals surface area contributed by atoms with Gasteiger partial charge in [-0.3, -0.25) is 0 Å². The number of nitrogens with zero attached hydrogens (tertiary/aromatic N) is 1. The molecule has 1 heterocycles. The van der Waals surface area contributed by atoms with Gasteiger partial charge in [0.25, 0.3) is 0 Å². The maximum Gasteiger partial charge on any atom is 0.133 e. The number of halogens is 1. The Labute approximate surface area is 108 Å². The molecule has 1 aliphatic rings. The van der Waals surface area contributed by atoms with E-state index in [2.05, 4.69) is 17.2 Å². The molecule has 1 saturated carbocycles. The van der Waals surface area contributed by atoms with Crippen LogP contribution in [0.15, 0.2) is 12.1 Å². The van der Waals surface area contributed by atoms with Crippen molar-refractivity contribution in [2.24, 2.45) is 11.8 Å². The third kappa shape index (κ3) is 3.77. The predicted octanol–water partition coefficient (Wildman–Crippen LogP) is 3.56. The molecule has 0 saturated heterocycles. The van der Waals surface area contributed by atoms with Crippen LogP contribution in [0, 0.1) is 11.8 Å². The van der Waals surface area contributed by atoms with Crippen LogP contribution in [0.1, 0.15) is 32.6 Å². The summed E-state index contributed by atoms with van der Waals surface area (Å²) in [6, 6.07) is 3.49. The van der Waals surface area contributed by atoms with Crippen LogP contribution in [0.25, 0.3) is 0 Å². The van der Waals surface area contributed by atoms with Gasteiger partial charge in [0.15, 0.2) is 0 Å². The molecule has 1 aromatic rings. The molecule has 2 rings (SSSR count). The summed E-state index contributed by atoms with van der Waals surface area (Å²) in [5.41, 5.74) is 6.38. The zero-order chi connectivity index (χ0) is 12.3. The van der Waals surface area contributed by atoms with Crippen molar-refractivity contribution in [2.45, 2.75) is 32.6 Å². The lowest BCUT2D eigenvalue weighted by atomic mass is 9.83. The Balaban J connectivity index is 1.85. The van der Waals surface area contributed by atoms with Crippen molar-refractivity contribution in [1.82, 2.24) is 4.98 Å². The molecular formula is C13H20ClN3. The van der Waals surface area contributed by atoms with Crippen LogP contribution in [0.4, 0.5) is 11.5 Å². The molecule has 0 spiro atoms. The number of pyridine rings is 1.